The van der Waals surface area contributed by atoms with Crippen LogP contribution >= 0.6 is 11.8 Å². The normalized spacial score (nSPS) is 17.4. The molecular weight excluding hydrogens is 417 g/mol. The number of halogens is 3. The number of amides is 1. The number of carbonyl (C=O) groups excluding carboxylic acids is 1. The first kappa shape index (κ1) is 23.5. The summed E-state index contributed by atoms with van der Waals surface area (Å²) in [6.45, 7) is 1.56. The van der Waals surface area contributed by atoms with E-state index < -0.39 is 23.7 Å². The molecule has 9 N–H and O–H groups in total. The Morgan fingerprint density at radius 3 is 2.43 bits per heavy atom. The van der Waals surface area contributed by atoms with E-state index in [-0.39, 0.29) is 28.4 Å². The van der Waals surface area contributed by atoms with E-state index in [4.69, 9.17) is 22.9 Å². The van der Waals surface area contributed by atoms with Gasteiger partial charge in [0, 0.05) is 23.6 Å². The fourth-order valence-electron chi connectivity index (χ4n) is 2.54. The monoisotopic (exact) mass is 442 g/mol. The van der Waals surface area contributed by atoms with Crippen LogP contribution in [0.5, 0.6) is 0 Å². The Hall–Kier alpha value is -2.82. The summed E-state index contributed by atoms with van der Waals surface area (Å²) in [6.07, 6.45) is -1.01. The molecule has 1 aliphatic carbocycles. The molecule has 0 saturated heterocycles. The smallest absolute Gasteiger partial charge is 0.399 e. The molecule has 0 aliphatic heterocycles. The number of benzene rings is 1. The number of nitrogens with one attached hydrogen (secondary N) is 1. The second kappa shape index (κ2) is 9.33. The summed E-state index contributed by atoms with van der Waals surface area (Å²) < 4.78 is 39.2. The Morgan fingerprint density at radius 1 is 1.27 bits per heavy atom. The summed E-state index contributed by atoms with van der Waals surface area (Å²) in [5.41, 5.74) is 22.8. The van der Waals surface area contributed by atoms with Gasteiger partial charge in [0.1, 0.15) is 11.5 Å². The van der Waals surface area contributed by atoms with Crippen LogP contribution in [0.15, 0.2) is 45.6 Å². The van der Waals surface area contributed by atoms with E-state index in [0.717, 1.165) is 25.0 Å². The number of nitrogens with zero attached hydrogens (tertiary/aromatic N) is 1. The maximum Gasteiger partial charge on any atom is 0.416 e. The minimum Gasteiger partial charge on any atom is -0.399 e. The fraction of sp³-hybridized carbons (Fsp3) is 0.368. The van der Waals surface area contributed by atoms with Crippen LogP contribution in [0, 0.1) is 0 Å². The Balaban J connectivity index is 2.42. The lowest BCUT2D eigenvalue weighted by Crippen LogP contribution is -2.30. The molecule has 0 unspecified atom stereocenters. The zero-order chi connectivity index (χ0) is 22.6. The Morgan fingerprint density at radius 2 is 1.90 bits per heavy atom. The van der Waals surface area contributed by atoms with Gasteiger partial charge < -0.3 is 28.3 Å². The predicted molar refractivity (Wildman–Crippen MR) is 114 cm³/mol. The van der Waals surface area contributed by atoms with Crippen molar-refractivity contribution in [2.45, 2.75) is 37.2 Å². The quantitative estimate of drug-likeness (QED) is 0.144. The lowest BCUT2D eigenvalue weighted by atomic mass is 10.0. The van der Waals surface area contributed by atoms with Crippen LogP contribution in [0.3, 0.4) is 0 Å². The Labute approximate surface area is 176 Å². The Bertz CT molecular complexity index is 906. The lowest BCUT2D eigenvalue weighted by Gasteiger charge is -2.15. The summed E-state index contributed by atoms with van der Waals surface area (Å²) in [5.74, 6) is -0.710. The van der Waals surface area contributed by atoms with E-state index >= 15 is 0 Å². The molecule has 1 amide bonds. The third-order valence-electron chi connectivity index (χ3n) is 4.27. The van der Waals surface area contributed by atoms with Gasteiger partial charge in [-0.1, -0.05) is 0 Å². The van der Waals surface area contributed by atoms with Crippen molar-refractivity contribution in [1.82, 2.24) is 5.32 Å². The van der Waals surface area contributed by atoms with Gasteiger partial charge in [-0.2, -0.15) is 13.2 Å². The molecule has 11 heteroatoms. The SMILES string of the molecule is CNC(=O)/C(N)=C(/C=C(\N)SC1CC1)C(N)=N[C@H](C)c1cc(N)cc(C(F)(F)F)c1. The number of anilines is 1. The van der Waals surface area contributed by atoms with E-state index in [2.05, 4.69) is 10.3 Å². The summed E-state index contributed by atoms with van der Waals surface area (Å²) >= 11 is 1.44. The van der Waals surface area contributed by atoms with Crippen molar-refractivity contribution >= 4 is 29.2 Å². The number of amidine groups is 1. The molecule has 0 heterocycles. The van der Waals surface area contributed by atoms with Crippen LogP contribution in [0.1, 0.15) is 36.9 Å². The van der Waals surface area contributed by atoms with Crippen LogP contribution < -0.4 is 28.3 Å². The van der Waals surface area contributed by atoms with Gasteiger partial charge in [0.2, 0.25) is 0 Å². The first-order valence-corrected chi connectivity index (χ1v) is 9.97. The number of hydrogen-bond acceptors (Lipinski definition) is 6. The van der Waals surface area contributed by atoms with Gasteiger partial charge in [0.25, 0.3) is 5.91 Å². The van der Waals surface area contributed by atoms with Gasteiger partial charge >= 0.3 is 6.18 Å². The molecule has 0 spiro atoms. The number of likely N-dealkylation sites (N-methyl/N-ethyl adjacent to an activating group) is 1. The van der Waals surface area contributed by atoms with E-state index in [1.807, 2.05) is 0 Å². The lowest BCUT2D eigenvalue weighted by molar-refractivity contribution is -0.137. The van der Waals surface area contributed by atoms with E-state index in [1.54, 1.807) is 6.92 Å². The molecule has 7 nitrogen and oxygen atoms in total. The molecule has 1 aromatic carbocycles. The largest absolute Gasteiger partial charge is 0.416 e. The molecule has 164 valence electrons. The number of nitrogens with two attached hydrogens (primary N) is 4. The van der Waals surface area contributed by atoms with Crippen LogP contribution in [-0.4, -0.2) is 24.0 Å². The molecule has 1 aromatic rings. The highest BCUT2D eigenvalue weighted by atomic mass is 32.2. The van der Waals surface area contributed by atoms with Crippen molar-refractivity contribution in [3.63, 3.8) is 0 Å². The average molecular weight is 443 g/mol. The second-order valence-corrected chi connectivity index (χ2v) is 8.22. The number of thioether (sulfide) groups is 1. The van der Waals surface area contributed by atoms with Crippen molar-refractivity contribution in [1.29, 1.82) is 0 Å². The topological polar surface area (TPSA) is 146 Å². The van der Waals surface area contributed by atoms with Crippen molar-refractivity contribution in [2.75, 3.05) is 12.8 Å². The van der Waals surface area contributed by atoms with Gasteiger partial charge in [-0.05, 0) is 49.6 Å². The third kappa shape index (κ3) is 6.34. The Kier molecular flexibility index (Phi) is 7.30. The standard InChI is InChI=1S/C19H25F3N6OS/c1-9(10-5-11(19(20,21)22)7-12(23)6-10)28-17(26)14(16(25)18(29)27-2)8-15(24)30-13-3-4-13/h5-9,13H,3-4,23-25H2,1-2H3,(H2,26,28)(H,27,29)/b15-8+,16-14+/t9-/m1/s1. The highest BCUT2D eigenvalue weighted by molar-refractivity contribution is 8.03. The molecule has 1 saturated carbocycles. The number of carbonyl (C=O) groups is 1. The van der Waals surface area contributed by atoms with E-state index in [1.165, 1.54) is 31.0 Å². The molecule has 0 radical (unpaired) electrons. The molecule has 0 bridgehead atoms. The van der Waals surface area contributed by atoms with Crippen LogP contribution in [0.4, 0.5) is 18.9 Å². The van der Waals surface area contributed by atoms with Gasteiger partial charge in [0.15, 0.2) is 0 Å². The van der Waals surface area contributed by atoms with Gasteiger partial charge in [-0.25, -0.2) is 0 Å². The second-order valence-electron chi connectivity index (χ2n) is 6.85. The van der Waals surface area contributed by atoms with Gasteiger partial charge in [0.05, 0.1) is 16.6 Å². The summed E-state index contributed by atoms with van der Waals surface area (Å²) in [7, 11) is 1.40. The number of rotatable bonds is 7. The first-order chi connectivity index (χ1) is 13.9. The zero-order valence-electron chi connectivity index (χ0n) is 16.6. The molecule has 1 aliphatic rings. The van der Waals surface area contributed by atoms with Crippen molar-refractivity contribution in [3.05, 3.63) is 51.7 Å². The van der Waals surface area contributed by atoms with E-state index in [9.17, 15) is 18.0 Å². The summed E-state index contributed by atoms with van der Waals surface area (Å²) in [4.78, 5) is 16.2. The first-order valence-electron chi connectivity index (χ1n) is 9.09. The summed E-state index contributed by atoms with van der Waals surface area (Å²) in [6, 6.07) is 2.40. The summed E-state index contributed by atoms with van der Waals surface area (Å²) in [5, 5.41) is 3.21. The van der Waals surface area contributed by atoms with E-state index in [0.29, 0.717) is 10.3 Å². The molecule has 1 atom stereocenters. The average Bonchev–Trinajstić information content (AvgIpc) is 3.47. The highest BCUT2D eigenvalue weighted by Gasteiger charge is 2.31. The molecule has 0 aromatic heterocycles. The minimum absolute atomic E-state index is 0.0499. The third-order valence-corrected chi connectivity index (χ3v) is 5.47. The van der Waals surface area contributed by atoms with Crippen LogP contribution in [0.2, 0.25) is 0 Å². The van der Waals surface area contributed by atoms with Crippen molar-refractivity contribution < 1.29 is 18.0 Å². The maximum absolute atomic E-state index is 13.1. The number of alkyl halides is 3. The number of hydrogen-bond donors (Lipinski definition) is 5. The van der Waals surface area contributed by atoms with Crippen molar-refractivity contribution in [2.24, 2.45) is 22.2 Å². The molecular formula is C19H25F3N6OS. The zero-order valence-corrected chi connectivity index (χ0v) is 17.4. The fourth-order valence-corrected chi connectivity index (χ4v) is 3.48. The molecule has 1 fully saturated rings. The minimum atomic E-state index is -4.55. The van der Waals surface area contributed by atoms with Crippen LogP contribution in [-0.2, 0) is 11.0 Å². The maximum atomic E-state index is 13.1. The van der Waals surface area contributed by atoms with Gasteiger partial charge in [-0.3, -0.25) is 9.79 Å². The van der Waals surface area contributed by atoms with Crippen LogP contribution in [0.25, 0.3) is 0 Å². The number of nitrogen functional groups attached to an aromatic ring is 1. The number of aliphatic imine (C=N–C) groups is 1. The predicted octanol–water partition coefficient (Wildman–Crippen LogP) is 2.36. The van der Waals surface area contributed by atoms with Crippen molar-refractivity contribution in [3.8, 4) is 0 Å². The highest BCUT2D eigenvalue weighted by Crippen LogP contribution is 2.37. The molecule has 2 rings (SSSR count). The molecule has 30 heavy (non-hydrogen) atoms. The van der Waals surface area contributed by atoms with Gasteiger partial charge in [-0.15, -0.1) is 11.8 Å².